The molecule has 14 nitrogen and oxygen atoms in total. The van der Waals surface area contributed by atoms with E-state index in [0.29, 0.717) is 50.0 Å². The van der Waals surface area contributed by atoms with E-state index in [1.54, 1.807) is 24.3 Å². The van der Waals surface area contributed by atoms with Gasteiger partial charge in [0.2, 0.25) is 0 Å². The van der Waals surface area contributed by atoms with Gasteiger partial charge >= 0.3 is 0 Å². The molecule has 0 atom stereocenters. The molecule has 0 aliphatic heterocycles. The standard InChI is InChI=1S/2C10H10N2O3S.C6H7NO3S/c2*11-9-3-4-10(12)8-5-6(16(13,14)15)1-2-7(8)9;7-5-2-1-3-6(4-5)11(8,9)10/h2*1-5H,11-12H2,(H,13,14,15);1-4H,7H2,(H,8,9,10). The Balaban J connectivity index is 0.000000180. The SMILES string of the molecule is Nc1ccc(N)c2cc(S(=O)(=O)O)ccc12.Nc1ccc(N)c2cc(S(=O)(=O)O)ccc12.Nc1cccc(S(=O)(=O)O)c1. The van der Waals surface area contributed by atoms with Crippen LogP contribution in [0.2, 0.25) is 0 Å². The van der Waals surface area contributed by atoms with Crippen LogP contribution in [0.25, 0.3) is 21.5 Å². The van der Waals surface area contributed by atoms with Gasteiger partial charge in [0.05, 0.1) is 14.7 Å². The van der Waals surface area contributed by atoms with Crippen LogP contribution in [-0.2, 0) is 30.4 Å². The lowest BCUT2D eigenvalue weighted by Gasteiger charge is -2.06. The van der Waals surface area contributed by atoms with Crippen LogP contribution in [0.4, 0.5) is 28.4 Å². The second-order valence-corrected chi connectivity index (χ2v) is 13.2. The zero-order chi connectivity index (χ0) is 32.3. The fourth-order valence-electron chi connectivity index (χ4n) is 3.74. The molecule has 0 bridgehead atoms. The maximum Gasteiger partial charge on any atom is 0.294 e. The van der Waals surface area contributed by atoms with Gasteiger partial charge < -0.3 is 28.7 Å². The number of anilines is 5. The first-order chi connectivity index (χ1) is 19.8. The Hall–Kier alpha value is -4.65. The highest BCUT2D eigenvalue weighted by Gasteiger charge is 2.13. The largest absolute Gasteiger partial charge is 0.399 e. The van der Waals surface area contributed by atoms with E-state index in [2.05, 4.69) is 0 Å². The third-order valence-electron chi connectivity index (χ3n) is 5.86. The van der Waals surface area contributed by atoms with Crippen LogP contribution in [0, 0.1) is 0 Å². The predicted molar refractivity (Wildman–Crippen MR) is 166 cm³/mol. The highest BCUT2D eigenvalue weighted by atomic mass is 32.2. The van der Waals surface area contributed by atoms with Crippen molar-refractivity contribution in [3.63, 3.8) is 0 Å². The third-order valence-corrected chi connectivity index (χ3v) is 8.41. The average Bonchev–Trinajstić information content (AvgIpc) is 2.92. The maximum absolute atomic E-state index is 11.0. The smallest absolute Gasteiger partial charge is 0.294 e. The molecule has 228 valence electrons. The summed E-state index contributed by atoms with van der Waals surface area (Å²) in [5.41, 5.74) is 30.3. The van der Waals surface area contributed by atoms with Gasteiger partial charge in [-0.15, -0.1) is 0 Å². The molecule has 0 aliphatic carbocycles. The minimum Gasteiger partial charge on any atom is -0.399 e. The van der Waals surface area contributed by atoms with Crippen LogP contribution < -0.4 is 28.7 Å². The van der Waals surface area contributed by atoms with Gasteiger partial charge in [0, 0.05) is 50.0 Å². The molecule has 0 aromatic heterocycles. The Morgan fingerprint density at radius 1 is 0.395 bits per heavy atom. The number of nitrogen functional groups attached to an aromatic ring is 5. The van der Waals surface area contributed by atoms with Crippen molar-refractivity contribution in [3.8, 4) is 0 Å². The quantitative estimate of drug-likeness (QED) is 0.103. The lowest BCUT2D eigenvalue weighted by Crippen LogP contribution is -1.99. The van der Waals surface area contributed by atoms with Crippen LogP contribution in [0.15, 0.2) is 99.6 Å². The zero-order valence-corrected chi connectivity index (χ0v) is 24.4. The molecule has 0 spiro atoms. The lowest BCUT2D eigenvalue weighted by molar-refractivity contribution is 0.481. The van der Waals surface area contributed by atoms with Gasteiger partial charge in [-0.05, 0) is 66.7 Å². The second-order valence-electron chi connectivity index (χ2n) is 8.90. The van der Waals surface area contributed by atoms with E-state index in [9.17, 15) is 25.3 Å². The number of nitrogens with two attached hydrogens (primary N) is 5. The molecule has 5 aromatic rings. The topological polar surface area (TPSA) is 293 Å². The molecule has 0 saturated heterocycles. The summed E-state index contributed by atoms with van der Waals surface area (Å²) in [6, 6.07) is 20.1. The normalized spacial score (nSPS) is 11.7. The first-order valence-electron chi connectivity index (χ1n) is 11.7. The van der Waals surface area contributed by atoms with E-state index in [-0.39, 0.29) is 14.7 Å². The van der Waals surface area contributed by atoms with Crippen molar-refractivity contribution >= 4 is 80.3 Å². The fraction of sp³-hybridized carbons (Fsp3) is 0. The van der Waals surface area contributed by atoms with E-state index >= 15 is 0 Å². The molecule has 17 heteroatoms. The molecule has 0 unspecified atom stereocenters. The Kier molecular flexibility index (Phi) is 9.40. The molecule has 5 aromatic carbocycles. The van der Waals surface area contributed by atoms with E-state index < -0.39 is 30.4 Å². The number of benzene rings is 5. The summed E-state index contributed by atoms with van der Waals surface area (Å²) >= 11 is 0. The van der Waals surface area contributed by atoms with Gasteiger partial charge in [-0.2, -0.15) is 25.3 Å². The van der Waals surface area contributed by atoms with Crippen molar-refractivity contribution in [1.29, 1.82) is 0 Å². The van der Waals surface area contributed by atoms with Gasteiger partial charge in [0.15, 0.2) is 0 Å². The molecule has 43 heavy (non-hydrogen) atoms. The Morgan fingerprint density at radius 2 is 0.721 bits per heavy atom. The second kappa shape index (κ2) is 12.3. The molecule has 0 fully saturated rings. The Labute approximate surface area is 247 Å². The van der Waals surface area contributed by atoms with Crippen LogP contribution in [0.3, 0.4) is 0 Å². The van der Waals surface area contributed by atoms with Crippen LogP contribution in [-0.4, -0.2) is 38.9 Å². The van der Waals surface area contributed by atoms with Gasteiger partial charge in [-0.3, -0.25) is 13.7 Å². The number of hydrogen-bond donors (Lipinski definition) is 8. The van der Waals surface area contributed by atoms with Gasteiger partial charge in [-0.25, -0.2) is 0 Å². The molecule has 0 heterocycles. The summed E-state index contributed by atoms with van der Waals surface area (Å²) in [5, 5.41) is 2.34. The highest BCUT2D eigenvalue weighted by molar-refractivity contribution is 7.86. The van der Waals surface area contributed by atoms with Gasteiger partial charge in [0.25, 0.3) is 30.4 Å². The lowest BCUT2D eigenvalue weighted by atomic mass is 10.1. The summed E-state index contributed by atoms with van der Waals surface area (Å²) in [4.78, 5) is -0.577. The minimum absolute atomic E-state index is 0.183. The molecule has 0 saturated carbocycles. The van der Waals surface area contributed by atoms with E-state index in [1.807, 2.05) is 0 Å². The predicted octanol–water partition coefficient (Wildman–Crippen LogP) is 3.02. The van der Waals surface area contributed by atoms with Crippen molar-refractivity contribution in [2.24, 2.45) is 0 Å². The molecular formula is C26H27N5O9S3. The van der Waals surface area contributed by atoms with E-state index in [1.165, 1.54) is 60.7 Å². The highest BCUT2D eigenvalue weighted by Crippen LogP contribution is 2.29. The van der Waals surface area contributed by atoms with Crippen molar-refractivity contribution in [2.45, 2.75) is 14.7 Å². The summed E-state index contributed by atoms with van der Waals surface area (Å²) in [7, 11) is -12.5. The van der Waals surface area contributed by atoms with Crippen molar-refractivity contribution < 1.29 is 38.9 Å². The minimum atomic E-state index is -4.22. The maximum atomic E-state index is 11.0. The molecule has 5 rings (SSSR count). The molecule has 0 aliphatic rings. The fourth-order valence-corrected chi connectivity index (χ4v) is 5.29. The molecular weight excluding hydrogens is 623 g/mol. The number of hydrogen-bond acceptors (Lipinski definition) is 11. The molecule has 13 N–H and O–H groups in total. The summed E-state index contributed by atoms with van der Waals surface area (Å²) in [6.45, 7) is 0. The summed E-state index contributed by atoms with van der Waals surface area (Å²) in [5.74, 6) is 0. The van der Waals surface area contributed by atoms with E-state index in [0.717, 1.165) is 0 Å². The number of fused-ring (bicyclic) bond motifs is 2. The Bertz CT molecular complexity index is 2050. The molecule has 0 amide bonds. The van der Waals surface area contributed by atoms with E-state index in [4.69, 9.17) is 42.3 Å². The van der Waals surface area contributed by atoms with Crippen molar-refractivity contribution in [2.75, 3.05) is 28.7 Å². The van der Waals surface area contributed by atoms with Crippen molar-refractivity contribution in [1.82, 2.24) is 0 Å². The van der Waals surface area contributed by atoms with Crippen LogP contribution >= 0.6 is 0 Å². The summed E-state index contributed by atoms with van der Waals surface area (Å²) < 4.78 is 91.1. The zero-order valence-electron chi connectivity index (χ0n) is 22.0. The van der Waals surface area contributed by atoms with Crippen molar-refractivity contribution in [3.05, 3.63) is 84.9 Å². The summed E-state index contributed by atoms with van der Waals surface area (Å²) in [6.07, 6.45) is 0. The first kappa shape index (κ1) is 32.9. The average molecular weight is 650 g/mol. The first-order valence-corrected chi connectivity index (χ1v) is 16.0. The van der Waals surface area contributed by atoms with Gasteiger partial charge in [-0.1, -0.05) is 18.2 Å². The van der Waals surface area contributed by atoms with Gasteiger partial charge in [0.1, 0.15) is 0 Å². The Morgan fingerprint density at radius 3 is 1.02 bits per heavy atom. The monoisotopic (exact) mass is 649 g/mol. The number of rotatable bonds is 3. The third kappa shape index (κ3) is 8.22. The molecule has 0 radical (unpaired) electrons. The van der Waals surface area contributed by atoms with Crippen LogP contribution in [0.1, 0.15) is 0 Å². The van der Waals surface area contributed by atoms with Crippen LogP contribution in [0.5, 0.6) is 0 Å².